The molecule has 1 aliphatic heterocycles. The molecule has 20 heavy (non-hydrogen) atoms. The lowest BCUT2D eigenvalue weighted by molar-refractivity contribution is -0.121. The second kappa shape index (κ2) is 7.09. The fraction of sp³-hybridized carbons (Fsp3) is 0.562. The maximum absolute atomic E-state index is 12.0. The molecule has 3 rings (SSSR count). The summed E-state index contributed by atoms with van der Waals surface area (Å²) in [5.41, 5.74) is 2.55. The summed E-state index contributed by atoms with van der Waals surface area (Å²) < 4.78 is 0. The third-order valence-electron chi connectivity index (χ3n) is 4.06. The minimum absolute atomic E-state index is 0. The molecule has 0 bridgehead atoms. The van der Waals surface area contributed by atoms with Crippen LogP contribution in [0.1, 0.15) is 42.7 Å². The SMILES string of the molecule is Cl.O=C(Cc1ccc(C2CC2)cc1)N[C@@H]1CCCNC1. The van der Waals surface area contributed by atoms with Gasteiger partial charge in [0.25, 0.3) is 0 Å². The third kappa shape index (κ3) is 4.22. The van der Waals surface area contributed by atoms with Gasteiger partial charge in [0.15, 0.2) is 0 Å². The number of nitrogens with one attached hydrogen (secondary N) is 2. The van der Waals surface area contributed by atoms with Crippen LogP contribution in [0, 0.1) is 0 Å². The molecule has 2 aliphatic rings. The number of benzene rings is 1. The average Bonchev–Trinajstić information content (AvgIpc) is 3.25. The number of hydrogen-bond acceptors (Lipinski definition) is 2. The smallest absolute Gasteiger partial charge is 0.224 e. The van der Waals surface area contributed by atoms with Gasteiger partial charge in [-0.1, -0.05) is 24.3 Å². The first-order chi connectivity index (χ1) is 9.31. The summed E-state index contributed by atoms with van der Waals surface area (Å²) in [7, 11) is 0. The molecule has 0 spiro atoms. The first-order valence-corrected chi connectivity index (χ1v) is 7.40. The first-order valence-electron chi connectivity index (χ1n) is 7.40. The second-order valence-corrected chi connectivity index (χ2v) is 5.80. The van der Waals surface area contributed by atoms with Crippen molar-refractivity contribution < 1.29 is 4.79 Å². The summed E-state index contributed by atoms with van der Waals surface area (Å²) in [5.74, 6) is 0.934. The predicted octanol–water partition coefficient (Wildman–Crippen LogP) is 2.40. The number of carbonyl (C=O) groups excluding carboxylic acids is 1. The molecule has 1 saturated heterocycles. The van der Waals surface area contributed by atoms with Gasteiger partial charge in [-0.2, -0.15) is 0 Å². The molecule has 0 aromatic heterocycles. The lowest BCUT2D eigenvalue weighted by Crippen LogP contribution is -2.46. The van der Waals surface area contributed by atoms with Crippen molar-refractivity contribution in [2.75, 3.05) is 13.1 Å². The summed E-state index contributed by atoms with van der Waals surface area (Å²) >= 11 is 0. The highest BCUT2D eigenvalue weighted by Gasteiger charge is 2.23. The molecular formula is C16H23ClN2O. The number of halogens is 1. The lowest BCUT2D eigenvalue weighted by atomic mass is 10.0. The van der Waals surface area contributed by atoms with Crippen molar-refractivity contribution in [3.05, 3.63) is 35.4 Å². The Morgan fingerprint density at radius 1 is 1.20 bits per heavy atom. The van der Waals surface area contributed by atoms with E-state index >= 15 is 0 Å². The molecule has 1 atom stereocenters. The van der Waals surface area contributed by atoms with Crippen LogP contribution in [-0.4, -0.2) is 25.0 Å². The summed E-state index contributed by atoms with van der Waals surface area (Å²) in [6.45, 7) is 1.99. The molecule has 3 nitrogen and oxygen atoms in total. The van der Waals surface area contributed by atoms with Crippen molar-refractivity contribution in [3.63, 3.8) is 0 Å². The summed E-state index contributed by atoms with van der Waals surface area (Å²) in [4.78, 5) is 12.0. The zero-order valence-corrected chi connectivity index (χ0v) is 12.5. The maximum atomic E-state index is 12.0. The van der Waals surface area contributed by atoms with E-state index in [0.29, 0.717) is 12.5 Å². The molecule has 0 unspecified atom stereocenters. The lowest BCUT2D eigenvalue weighted by Gasteiger charge is -2.23. The normalized spacial score (nSPS) is 21.9. The van der Waals surface area contributed by atoms with Crippen LogP contribution in [0.15, 0.2) is 24.3 Å². The van der Waals surface area contributed by atoms with E-state index in [4.69, 9.17) is 0 Å². The molecule has 2 fully saturated rings. The second-order valence-electron chi connectivity index (χ2n) is 5.80. The molecule has 1 aromatic carbocycles. The summed E-state index contributed by atoms with van der Waals surface area (Å²) in [5, 5.41) is 6.43. The molecule has 4 heteroatoms. The van der Waals surface area contributed by atoms with Gasteiger partial charge in [0.05, 0.1) is 6.42 Å². The summed E-state index contributed by atoms with van der Waals surface area (Å²) in [6, 6.07) is 8.89. The Hall–Kier alpha value is -1.06. The number of piperidine rings is 1. The van der Waals surface area contributed by atoms with E-state index in [1.165, 1.54) is 18.4 Å². The van der Waals surface area contributed by atoms with Gasteiger partial charge in [-0.3, -0.25) is 4.79 Å². The van der Waals surface area contributed by atoms with Crippen molar-refractivity contribution in [2.24, 2.45) is 0 Å². The van der Waals surface area contributed by atoms with Crippen LogP contribution in [0.5, 0.6) is 0 Å². The van der Waals surface area contributed by atoms with E-state index in [0.717, 1.165) is 37.4 Å². The van der Waals surface area contributed by atoms with E-state index in [1.807, 2.05) is 0 Å². The predicted molar refractivity (Wildman–Crippen MR) is 83.4 cm³/mol. The van der Waals surface area contributed by atoms with Gasteiger partial charge in [-0.15, -0.1) is 12.4 Å². The van der Waals surface area contributed by atoms with Crippen LogP contribution in [-0.2, 0) is 11.2 Å². The highest BCUT2D eigenvalue weighted by molar-refractivity contribution is 5.85. The van der Waals surface area contributed by atoms with Crippen molar-refractivity contribution in [1.29, 1.82) is 0 Å². The Morgan fingerprint density at radius 2 is 1.95 bits per heavy atom. The molecule has 110 valence electrons. The van der Waals surface area contributed by atoms with E-state index in [1.54, 1.807) is 0 Å². The molecule has 1 saturated carbocycles. The van der Waals surface area contributed by atoms with E-state index < -0.39 is 0 Å². The van der Waals surface area contributed by atoms with Gasteiger partial charge < -0.3 is 10.6 Å². The van der Waals surface area contributed by atoms with Crippen LogP contribution in [0.4, 0.5) is 0 Å². The minimum Gasteiger partial charge on any atom is -0.352 e. The number of carbonyl (C=O) groups is 1. The van der Waals surface area contributed by atoms with Crippen LogP contribution in [0.3, 0.4) is 0 Å². The standard InChI is InChI=1S/C16H22N2O.ClH/c19-16(18-15-2-1-9-17-11-15)10-12-3-5-13(6-4-12)14-7-8-14;/h3-6,14-15,17H,1-2,7-11H2,(H,18,19);1H/t15-;/m1./s1. The quantitative estimate of drug-likeness (QED) is 0.895. The topological polar surface area (TPSA) is 41.1 Å². The highest BCUT2D eigenvalue weighted by Crippen LogP contribution is 2.39. The fourth-order valence-corrected chi connectivity index (χ4v) is 2.76. The Bertz CT molecular complexity index is 436. The zero-order valence-electron chi connectivity index (χ0n) is 11.7. The van der Waals surface area contributed by atoms with Gasteiger partial charge in [0.2, 0.25) is 5.91 Å². The maximum Gasteiger partial charge on any atom is 0.224 e. The highest BCUT2D eigenvalue weighted by atomic mass is 35.5. The Balaban J connectivity index is 0.00000147. The van der Waals surface area contributed by atoms with Gasteiger partial charge in [0, 0.05) is 12.6 Å². The van der Waals surface area contributed by atoms with Crippen LogP contribution >= 0.6 is 12.4 Å². The molecule has 0 radical (unpaired) electrons. The first kappa shape index (κ1) is 15.3. The van der Waals surface area contributed by atoms with Gasteiger partial charge >= 0.3 is 0 Å². The average molecular weight is 295 g/mol. The Kier molecular flexibility index (Phi) is 5.44. The Labute approximate surface area is 126 Å². The molecule has 1 aromatic rings. The van der Waals surface area contributed by atoms with E-state index in [-0.39, 0.29) is 18.3 Å². The fourth-order valence-electron chi connectivity index (χ4n) is 2.76. The van der Waals surface area contributed by atoms with Crippen molar-refractivity contribution in [1.82, 2.24) is 10.6 Å². The molecule has 2 N–H and O–H groups in total. The van der Waals surface area contributed by atoms with E-state index in [2.05, 4.69) is 34.9 Å². The molecule has 1 heterocycles. The third-order valence-corrected chi connectivity index (χ3v) is 4.06. The monoisotopic (exact) mass is 294 g/mol. The molecular weight excluding hydrogens is 272 g/mol. The molecule has 1 aliphatic carbocycles. The van der Waals surface area contributed by atoms with Crippen LogP contribution in [0.2, 0.25) is 0 Å². The number of hydrogen-bond donors (Lipinski definition) is 2. The van der Waals surface area contributed by atoms with Gasteiger partial charge in [-0.25, -0.2) is 0 Å². The number of rotatable bonds is 4. The van der Waals surface area contributed by atoms with Crippen molar-refractivity contribution in [2.45, 2.75) is 44.1 Å². The zero-order chi connectivity index (χ0) is 13.1. The van der Waals surface area contributed by atoms with E-state index in [9.17, 15) is 4.79 Å². The van der Waals surface area contributed by atoms with Crippen LogP contribution < -0.4 is 10.6 Å². The van der Waals surface area contributed by atoms with Gasteiger partial charge in [0.1, 0.15) is 0 Å². The minimum atomic E-state index is 0. The molecule has 1 amide bonds. The van der Waals surface area contributed by atoms with Gasteiger partial charge in [-0.05, 0) is 49.3 Å². The summed E-state index contributed by atoms with van der Waals surface area (Å²) in [6.07, 6.45) is 5.41. The van der Waals surface area contributed by atoms with Crippen molar-refractivity contribution >= 4 is 18.3 Å². The van der Waals surface area contributed by atoms with Crippen LogP contribution in [0.25, 0.3) is 0 Å². The number of amides is 1. The Morgan fingerprint density at radius 3 is 2.55 bits per heavy atom. The van der Waals surface area contributed by atoms with Crippen molar-refractivity contribution in [3.8, 4) is 0 Å². The largest absolute Gasteiger partial charge is 0.352 e.